The highest BCUT2D eigenvalue weighted by Gasteiger charge is 2.53. The Morgan fingerprint density at radius 2 is 1.65 bits per heavy atom. The largest absolute Gasteiger partial charge is 0.316 e. The minimum Gasteiger partial charge on any atom is -0.316 e. The van der Waals surface area contributed by atoms with Crippen LogP contribution in [0.5, 0.6) is 0 Å². The van der Waals surface area contributed by atoms with Gasteiger partial charge < -0.3 is 5.32 Å². The SMILES string of the molecule is CNC(CS(C)=O)C12CC3CC(CC(C3)C1)C2. The fourth-order valence-electron chi connectivity index (χ4n) is 5.41. The highest BCUT2D eigenvalue weighted by molar-refractivity contribution is 7.84. The quantitative estimate of drug-likeness (QED) is 0.834. The molecule has 0 aliphatic heterocycles. The van der Waals surface area contributed by atoms with E-state index in [4.69, 9.17) is 0 Å². The lowest BCUT2D eigenvalue weighted by atomic mass is 9.48. The fourth-order valence-corrected chi connectivity index (χ4v) is 6.40. The molecule has 0 aromatic rings. The van der Waals surface area contributed by atoms with Gasteiger partial charge in [0.25, 0.3) is 0 Å². The first-order valence-electron chi connectivity index (χ1n) is 7.08. The molecule has 0 radical (unpaired) electrons. The van der Waals surface area contributed by atoms with E-state index in [-0.39, 0.29) is 0 Å². The minimum absolute atomic E-state index is 0.488. The molecule has 98 valence electrons. The summed E-state index contributed by atoms with van der Waals surface area (Å²) in [5, 5.41) is 3.50. The van der Waals surface area contributed by atoms with Crippen LogP contribution in [0.15, 0.2) is 0 Å². The normalized spacial score (nSPS) is 47.1. The molecule has 17 heavy (non-hydrogen) atoms. The summed E-state index contributed by atoms with van der Waals surface area (Å²) >= 11 is 0. The molecule has 2 unspecified atom stereocenters. The van der Waals surface area contributed by atoms with Crippen molar-refractivity contribution in [3.8, 4) is 0 Å². The summed E-state index contributed by atoms with van der Waals surface area (Å²) in [4.78, 5) is 0. The van der Waals surface area contributed by atoms with Gasteiger partial charge in [0.05, 0.1) is 0 Å². The summed E-state index contributed by atoms with van der Waals surface area (Å²) < 4.78 is 11.6. The van der Waals surface area contributed by atoms with E-state index in [9.17, 15) is 4.21 Å². The van der Waals surface area contributed by atoms with Crippen LogP contribution in [-0.4, -0.2) is 29.3 Å². The molecule has 0 saturated heterocycles. The summed E-state index contributed by atoms with van der Waals surface area (Å²) in [5.41, 5.74) is 0.495. The van der Waals surface area contributed by atoms with Crippen molar-refractivity contribution in [3.05, 3.63) is 0 Å². The zero-order chi connectivity index (χ0) is 12.0. The maximum Gasteiger partial charge on any atom is 0.0391 e. The lowest BCUT2D eigenvalue weighted by Gasteiger charge is -2.59. The summed E-state index contributed by atoms with van der Waals surface area (Å²) in [5.74, 6) is 3.81. The predicted molar refractivity (Wildman–Crippen MR) is 72.4 cm³/mol. The van der Waals surface area contributed by atoms with Crippen LogP contribution < -0.4 is 5.32 Å². The first-order chi connectivity index (χ1) is 8.11. The molecule has 4 saturated carbocycles. The van der Waals surface area contributed by atoms with Crippen molar-refractivity contribution in [3.63, 3.8) is 0 Å². The van der Waals surface area contributed by atoms with E-state index >= 15 is 0 Å². The molecule has 2 nitrogen and oxygen atoms in total. The van der Waals surface area contributed by atoms with Gasteiger partial charge >= 0.3 is 0 Å². The highest BCUT2D eigenvalue weighted by atomic mass is 32.2. The predicted octanol–water partition coefficient (Wildman–Crippen LogP) is 2.17. The standard InChI is InChI=1S/C14H25NOS/c1-15-13(9-17(2)16)14-6-10-3-11(7-14)5-12(4-10)8-14/h10-13,15H,3-9H2,1-2H3. The van der Waals surface area contributed by atoms with Gasteiger partial charge in [-0.05, 0) is 68.7 Å². The third-order valence-corrected chi connectivity index (χ3v) is 6.38. The van der Waals surface area contributed by atoms with E-state index in [1.807, 2.05) is 6.26 Å². The lowest BCUT2D eigenvalue weighted by molar-refractivity contribution is -0.0683. The van der Waals surface area contributed by atoms with Gasteiger partial charge in [-0.1, -0.05) is 0 Å². The fraction of sp³-hybridized carbons (Fsp3) is 1.00. The lowest BCUT2D eigenvalue weighted by Crippen LogP contribution is -2.56. The van der Waals surface area contributed by atoms with Gasteiger partial charge in [-0.15, -0.1) is 0 Å². The molecule has 4 fully saturated rings. The second-order valence-electron chi connectivity index (χ2n) is 6.86. The van der Waals surface area contributed by atoms with Crippen molar-refractivity contribution in [1.82, 2.24) is 5.32 Å². The molecule has 0 aromatic carbocycles. The Morgan fingerprint density at radius 3 is 2.00 bits per heavy atom. The minimum atomic E-state index is -0.671. The van der Waals surface area contributed by atoms with E-state index in [2.05, 4.69) is 12.4 Å². The zero-order valence-corrected chi connectivity index (χ0v) is 11.9. The van der Waals surface area contributed by atoms with E-state index in [1.54, 1.807) is 0 Å². The third-order valence-electron chi connectivity index (χ3n) is 5.57. The average molecular weight is 255 g/mol. The van der Waals surface area contributed by atoms with Crippen LogP contribution in [0.1, 0.15) is 38.5 Å². The number of nitrogens with one attached hydrogen (secondary N) is 1. The van der Waals surface area contributed by atoms with Crippen LogP contribution in [0.3, 0.4) is 0 Å². The smallest absolute Gasteiger partial charge is 0.0391 e. The highest BCUT2D eigenvalue weighted by Crippen LogP contribution is 2.61. The summed E-state index contributed by atoms with van der Waals surface area (Å²) in [6.07, 6.45) is 10.5. The molecule has 0 spiro atoms. The van der Waals surface area contributed by atoms with Gasteiger partial charge in [0.2, 0.25) is 0 Å². The summed E-state index contributed by atoms with van der Waals surface area (Å²) in [6.45, 7) is 0. The maximum absolute atomic E-state index is 11.6. The maximum atomic E-state index is 11.6. The van der Waals surface area contributed by atoms with Crippen LogP contribution >= 0.6 is 0 Å². The molecule has 0 amide bonds. The van der Waals surface area contributed by atoms with Crippen LogP contribution in [0, 0.1) is 23.2 Å². The van der Waals surface area contributed by atoms with Crippen molar-refractivity contribution in [1.29, 1.82) is 0 Å². The van der Waals surface area contributed by atoms with Crippen LogP contribution in [0.2, 0.25) is 0 Å². The van der Waals surface area contributed by atoms with Crippen LogP contribution in [0.4, 0.5) is 0 Å². The van der Waals surface area contributed by atoms with Crippen molar-refractivity contribution in [2.45, 2.75) is 44.6 Å². The van der Waals surface area contributed by atoms with Crippen LogP contribution in [-0.2, 0) is 10.8 Å². The molecule has 4 aliphatic carbocycles. The first kappa shape index (κ1) is 12.2. The Labute approximate surface area is 107 Å². The Morgan fingerprint density at radius 1 is 1.18 bits per heavy atom. The molecule has 4 aliphatic rings. The number of hydrogen-bond donors (Lipinski definition) is 1. The molecule has 1 N–H and O–H groups in total. The average Bonchev–Trinajstić information content (AvgIpc) is 2.23. The molecular formula is C14H25NOS. The Kier molecular flexibility index (Phi) is 3.10. The van der Waals surface area contributed by atoms with Crippen molar-refractivity contribution < 1.29 is 4.21 Å². The van der Waals surface area contributed by atoms with Crippen LogP contribution in [0.25, 0.3) is 0 Å². The Hall–Kier alpha value is 0.110. The van der Waals surface area contributed by atoms with Gasteiger partial charge in [-0.25, -0.2) is 0 Å². The number of hydrogen-bond acceptors (Lipinski definition) is 2. The van der Waals surface area contributed by atoms with Crippen molar-refractivity contribution in [2.24, 2.45) is 23.2 Å². The van der Waals surface area contributed by atoms with E-state index in [0.29, 0.717) is 11.5 Å². The summed E-state index contributed by atoms with van der Waals surface area (Å²) in [6, 6.07) is 0.488. The van der Waals surface area contributed by atoms with Gasteiger partial charge in [0, 0.05) is 28.9 Å². The summed E-state index contributed by atoms with van der Waals surface area (Å²) in [7, 11) is 1.39. The topological polar surface area (TPSA) is 29.1 Å². The van der Waals surface area contributed by atoms with Gasteiger partial charge in [0.1, 0.15) is 0 Å². The van der Waals surface area contributed by atoms with E-state index in [0.717, 1.165) is 23.5 Å². The van der Waals surface area contributed by atoms with Crippen molar-refractivity contribution >= 4 is 10.8 Å². The second-order valence-corrected chi connectivity index (χ2v) is 8.34. The van der Waals surface area contributed by atoms with Gasteiger partial charge in [-0.3, -0.25) is 4.21 Å². The van der Waals surface area contributed by atoms with E-state index in [1.165, 1.54) is 38.5 Å². The molecular weight excluding hydrogens is 230 g/mol. The van der Waals surface area contributed by atoms with Gasteiger partial charge in [0.15, 0.2) is 0 Å². The van der Waals surface area contributed by atoms with E-state index < -0.39 is 10.8 Å². The molecule has 3 heteroatoms. The molecule has 0 aromatic heterocycles. The van der Waals surface area contributed by atoms with Gasteiger partial charge in [-0.2, -0.15) is 0 Å². The Balaban J connectivity index is 1.82. The third kappa shape index (κ3) is 2.10. The molecule has 4 bridgehead atoms. The number of rotatable bonds is 4. The Bertz CT molecular complexity index is 293. The van der Waals surface area contributed by atoms with Crippen molar-refractivity contribution in [2.75, 3.05) is 19.1 Å². The molecule has 0 heterocycles. The molecule has 2 atom stereocenters. The first-order valence-corrected chi connectivity index (χ1v) is 8.81. The molecule has 4 rings (SSSR count). The second kappa shape index (κ2) is 4.34. The monoisotopic (exact) mass is 255 g/mol. The zero-order valence-electron chi connectivity index (χ0n) is 11.1.